The highest BCUT2D eigenvalue weighted by molar-refractivity contribution is 6.09. The molecule has 4 bridgehead atoms. The molecule has 0 atom stereocenters. The molecule has 6 aliphatic rings. The van der Waals surface area contributed by atoms with E-state index in [1.807, 2.05) is 23.9 Å². The Morgan fingerprint density at radius 1 is 0.945 bits per heavy atom. The summed E-state index contributed by atoms with van der Waals surface area (Å²) in [6.07, 6.45) is 17.2. The van der Waals surface area contributed by atoms with Crippen molar-refractivity contribution in [3.63, 3.8) is 0 Å². The minimum absolute atomic E-state index is 0.00491. The number of piperazine rings is 1. The Morgan fingerprint density at radius 3 is 2.33 bits per heavy atom. The first-order chi connectivity index (χ1) is 26.6. The number of amides is 1. The number of hydrogen-bond acceptors (Lipinski definition) is 7. The van der Waals surface area contributed by atoms with Gasteiger partial charge in [0.2, 0.25) is 5.91 Å². The zero-order valence-electron chi connectivity index (χ0n) is 33.5. The third kappa shape index (κ3) is 8.09. The fourth-order valence-corrected chi connectivity index (χ4v) is 11.3. The summed E-state index contributed by atoms with van der Waals surface area (Å²) in [4.78, 5) is 50.5. The number of rotatable bonds is 14. The van der Waals surface area contributed by atoms with Crippen LogP contribution in [0.3, 0.4) is 0 Å². The lowest BCUT2D eigenvalue weighted by Gasteiger charge is -2.56. The average Bonchev–Trinajstić information content (AvgIpc) is 3.56. The number of carbonyl (C=O) groups is 3. The van der Waals surface area contributed by atoms with Crippen molar-refractivity contribution in [2.24, 2.45) is 23.2 Å². The molecule has 1 aromatic carbocycles. The summed E-state index contributed by atoms with van der Waals surface area (Å²) in [6.45, 7) is 13.6. The van der Waals surface area contributed by atoms with Gasteiger partial charge in [-0.2, -0.15) is 5.10 Å². The number of carbonyl (C=O) groups excluding carboxylic acids is 3. The molecule has 1 saturated heterocycles. The summed E-state index contributed by atoms with van der Waals surface area (Å²) in [5.41, 5.74) is 6.51. The molecule has 4 saturated carbocycles. The van der Waals surface area contributed by atoms with Gasteiger partial charge >= 0.3 is 0 Å². The molecule has 2 aromatic heterocycles. The van der Waals surface area contributed by atoms with E-state index >= 15 is 0 Å². The van der Waals surface area contributed by atoms with Crippen LogP contribution < -0.4 is 10.2 Å². The molecular formula is C46H60N6O3. The van der Waals surface area contributed by atoms with E-state index in [0.717, 1.165) is 101 Å². The molecule has 5 fully saturated rings. The number of allylic oxidation sites excluding steroid dienone is 4. The largest absolute Gasteiger partial charge is 0.354 e. The molecule has 5 aliphatic carbocycles. The van der Waals surface area contributed by atoms with E-state index in [-0.39, 0.29) is 29.3 Å². The molecule has 55 heavy (non-hydrogen) atoms. The fourth-order valence-electron chi connectivity index (χ4n) is 11.3. The first-order valence-corrected chi connectivity index (χ1v) is 21.2. The molecule has 1 N–H and O–H groups in total. The number of fused-ring (bicyclic) bond motifs is 1. The number of benzene rings is 1. The zero-order valence-corrected chi connectivity index (χ0v) is 33.5. The predicted molar refractivity (Wildman–Crippen MR) is 219 cm³/mol. The Hall–Kier alpha value is -4.11. The first kappa shape index (κ1) is 37.8. The summed E-state index contributed by atoms with van der Waals surface area (Å²) < 4.78 is 1.93. The lowest BCUT2D eigenvalue weighted by molar-refractivity contribution is -0.129. The van der Waals surface area contributed by atoms with Crippen molar-refractivity contribution in [3.8, 4) is 11.1 Å². The fraction of sp³-hybridized carbons (Fsp3) is 0.587. The average molecular weight is 745 g/mol. The van der Waals surface area contributed by atoms with Gasteiger partial charge in [-0.15, -0.1) is 0 Å². The normalized spacial score (nSPS) is 25.3. The molecule has 9 rings (SSSR count). The maximum Gasteiger partial charge on any atom is 0.220 e. The topological polar surface area (TPSA) is 100 Å². The van der Waals surface area contributed by atoms with Gasteiger partial charge in [-0.05, 0) is 136 Å². The molecular weight excluding hydrogens is 685 g/mol. The van der Waals surface area contributed by atoms with Crippen LogP contribution in [-0.2, 0) is 16.1 Å². The Balaban J connectivity index is 1.02. The maximum absolute atomic E-state index is 14.2. The zero-order chi connectivity index (χ0) is 38.3. The van der Waals surface area contributed by atoms with E-state index in [1.54, 1.807) is 6.20 Å². The molecule has 292 valence electrons. The predicted octanol–water partition coefficient (Wildman–Crippen LogP) is 8.33. The maximum atomic E-state index is 14.2. The SMILES string of the molecule is CCCC1=C(CCC(=O)c2cc(-c3ccc(N4CCN(C(C)C)CC4)nc3)cc3c2cnn3CCNC(=O)CC23CC4CC(CC(C4)C2)C3)C(=O)CC(C)=C1. The third-order valence-corrected chi connectivity index (χ3v) is 13.6. The second-order valence-electron chi connectivity index (χ2n) is 18.1. The van der Waals surface area contributed by atoms with Gasteiger partial charge in [0.25, 0.3) is 0 Å². The van der Waals surface area contributed by atoms with E-state index in [9.17, 15) is 14.4 Å². The highest BCUT2D eigenvalue weighted by atomic mass is 16.1. The highest BCUT2D eigenvalue weighted by Gasteiger charge is 2.51. The van der Waals surface area contributed by atoms with Crippen molar-refractivity contribution >= 4 is 34.2 Å². The van der Waals surface area contributed by atoms with Crippen molar-refractivity contribution in [1.82, 2.24) is 25.0 Å². The van der Waals surface area contributed by atoms with Gasteiger partial charge in [0.05, 0.1) is 18.3 Å². The lowest BCUT2D eigenvalue weighted by atomic mass is 9.49. The summed E-state index contributed by atoms with van der Waals surface area (Å²) in [5, 5.41) is 8.81. The summed E-state index contributed by atoms with van der Waals surface area (Å²) in [6, 6.07) is 8.83. The quantitative estimate of drug-likeness (QED) is 0.166. The Morgan fingerprint density at radius 2 is 1.67 bits per heavy atom. The summed E-state index contributed by atoms with van der Waals surface area (Å²) in [7, 11) is 0. The van der Waals surface area contributed by atoms with Crippen molar-refractivity contribution in [2.45, 2.75) is 117 Å². The van der Waals surface area contributed by atoms with Crippen LogP contribution in [0.25, 0.3) is 22.0 Å². The number of pyridine rings is 1. The summed E-state index contributed by atoms with van der Waals surface area (Å²) in [5.74, 6) is 3.75. The van der Waals surface area contributed by atoms with Gasteiger partial charge in [-0.25, -0.2) is 4.98 Å². The van der Waals surface area contributed by atoms with Crippen LogP contribution in [0, 0.1) is 23.2 Å². The minimum Gasteiger partial charge on any atom is -0.354 e. The van der Waals surface area contributed by atoms with E-state index in [0.29, 0.717) is 44.0 Å². The van der Waals surface area contributed by atoms with E-state index in [1.165, 1.54) is 38.5 Å². The standard InChI is InChI=1S/C46H60N6O3/c1-5-6-35-17-31(4)18-43(54)38(35)8-9-42(53)39-22-37(36-7-10-44(48-28-36)51-15-13-50(14-16-51)30(2)3)23-41-40(39)29-49-52(41)12-11-47-45(55)27-46-24-32-19-33(25-46)21-34(20-32)26-46/h7,10,17,22-23,28-30,32-34H,5-6,8-9,11-16,18-21,24-27H2,1-4H3,(H,47,55). The van der Waals surface area contributed by atoms with E-state index in [4.69, 9.17) is 10.1 Å². The van der Waals surface area contributed by atoms with Crippen LogP contribution in [0.2, 0.25) is 0 Å². The number of nitrogens with zero attached hydrogens (tertiary/aromatic N) is 5. The number of ketones is 2. The number of Topliss-reactive ketones (excluding diaryl/α,β-unsaturated/α-hetero) is 2. The molecule has 0 radical (unpaired) electrons. The third-order valence-electron chi connectivity index (χ3n) is 13.6. The van der Waals surface area contributed by atoms with Crippen molar-refractivity contribution < 1.29 is 14.4 Å². The van der Waals surface area contributed by atoms with Crippen LogP contribution in [0.15, 0.2) is 59.5 Å². The molecule has 0 unspecified atom stereocenters. The van der Waals surface area contributed by atoms with Crippen LogP contribution in [0.1, 0.15) is 115 Å². The molecule has 1 amide bonds. The van der Waals surface area contributed by atoms with Crippen LogP contribution in [0.4, 0.5) is 5.82 Å². The lowest BCUT2D eigenvalue weighted by Crippen LogP contribution is -2.49. The second-order valence-corrected chi connectivity index (χ2v) is 18.1. The van der Waals surface area contributed by atoms with Crippen LogP contribution >= 0.6 is 0 Å². The van der Waals surface area contributed by atoms with Crippen LogP contribution in [0.5, 0.6) is 0 Å². The highest BCUT2D eigenvalue weighted by Crippen LogP contribution is 2.61. The number of nitrogens with one attached hydrogen (secondary N) is 1. The number of aromatic nitrogens is 3. The van der Waals surface area contributed by atoms with Crippen molar-refractivity contribution in [3.05, 3.63) is 65.0 Å². The molecule has 9 heteroatoms. The Labute approximate surface area is 327 Å². The smallest absolute Gasteiger partial charge is 0.220 e. The molecule has 0 spiro atoms. The van der Waals surface area contributed by atoms with E-state index < -0.39 is 0 Å². The van der Waals surface area contributed by atoms with Gasteiger partial charge in [-0.3, -0.25) is 24.0 Å². The van der Waals surface area contributed by atoms with Crippen molar-refractivity contribution in [1.29, 1.82) is 0 Å². The van der Waals surface area contributed by atoms with Gasteiger partial charge in [0, 0.05) is 80.7 Å². The summed E-state index contributed by atoms with van der Waals surface area (Å²) >= 11 is 0. The van der Waals surface area contributed by atoms with Gasteiger partial charge in [-0.1, -0.05) is 25.0 Å². The molecule has 3 heterocycles. The number of anilines is 1. The monoisotopic (exact) mass is 744 g/mol. The molecule has 1 aliphatic heterocycles. The number of hydrogen-bond donors (Lipinski definition) is 1. The van der Waals surface area contributed by atoms with Crippen LogP contribution in [-0.4, -0.2) is 75.9 Å². The van der Waals surface area contributed by atoms with E-state index in [2.05, 4.69) is 60.2 Å². The van der Waals surface area contributed by atoms with Crippen molar-refractivity contribution in [2.75, 3.05) is 37.6 Å². The second kappa shape index (κ2) is 15.8. The van der Waals surface area contributed by atoms with Gasteiger partial charge in [0.1, 0.15) is 5.82 Å². The Bertz CT molecular complexity index is 1960. The van der Waals surface area contributed by atoms with Gasteiger partial charge in [0.15, 0.2) is 11.6 Å². The first-order valence-electron chi connectivity index (χ1n) is 21.2. The van der Waals surface area contributed by atoms with Gasteiger partial charge < -0.3 is 10.2 Å². The Kier molecular flexibility index (Phi) is 10.9. The molecule has 9 nitrogen and oxygen atoms in total. The minimum atomic E-state index is 0.00491. The molecule has 3 aromatic rings.